The van der Waals surface area contributed by atoms with Gasteiger partial charge < -0.3 is 0 Å². The van der Waals surface area contributed by atoms with Crippen molar-refractivity contribution in [2.24, 2.45) is 4.99 Å². The Hall–Kier alpha value is -1.88. The highest BCUT2D eigenvalue weighted by atomic mass is 35.5. The van der Waals surface area contributed by atoms with Crippen LogP contribution in [0.4, 0.5) is 23.2 Å². The van der Waals surface area contributed by atoms with Crippen molar-refractivity contribution in [2.75, 3.05) is 0 Å². The summed E-state index contributed by atoms with van der Waals surface area (Å²) in [6, 6.07) is 8.80. The summed E-state index contributed by atoms with van der Waals surface area (Å²) in [4.78, 5) is 3.92. The van der Waals surface area contributed by atoms with E-state index in [0.29, 0.717) is 5.56 Å². The molecule has 0 aliphatic carbocycles. The minimum Gasteiger partial charge on any atom is -0.256 e. The van der Waals surface area contributed by atoms with Gasteiger partial charge in [-0.1, -0.05) is 23.7 Å². The second-order valence-electron chi connectivity index (χ2n) is 3.97. The second kappa shape index (κ2) is 5.63. The molecule has 0 saturated carbocycles. The third-order valence-electron chi connectivity index (χ3n) is 2.49. The lowest BCUT2D eigenvalue weighted by molar-refractivity contribution is -0.137. The van der Waals surface area contributed by atoms with Crippen LogP contribution in [0, 0.1) is 5.82 Å². The van der Waals surface area contributed by atoms with E-state index in [2.05, 4.69) is 4.99 Å². The molecule has 0 heterocycles. The Kier molecular flexibility index (Phi) is 4.09. The van der Waals surface area contributed by atoms with E-state index in [0.717, 1.165) is 12.1 Å². The number of alkyl halides is 3. The molecule has 0 aliphatic heterocycles. The fourth-order valence-electron chi connectivity index (χ4n) is 1.51. The largest absolute Gasteiger partial charge is 0.417 e. The van der Waals surface area contributed by atoms with Gasteiger partial charge in [0.25, 0.3) is 0 Å². The van der Waals surface area contributed by atoms with Gasteiger partial charge in [-0.3, -0.25) is 4.99 Å². The Morgan fingerprint density at radius 3 is 2.25 bits per heavy atom. The van der Waals surface area contributed by atoms with E-state index in [1.807, 2.05) is 0 Å². The third kappa shape index (κ3) is 3.57. The maximum atomic E-state index is 12.7. The maximum Gasteiger partial charge on any atom is 0.417 e. The molecule has 0 aromatic heterocycles. The lowest BCUT2D eigenvalue weighted by atomic mass is 10.2. The smallest absolute Gasteiger partial charge is 0.256 e. The number of hydrogen-bond acceptors (Lipinski definition) is 1. The predicted octanol–water partition coefficient (Wildman–Crippen LogP) is 5.25. The van der Waals surface area contributed by atoms with Crippen LogP contribution in [-0.2, 0) is 6.18 Å². The molecular formula is C14H8ClF4N. The molecule has 20 heavy (non-hydrogen) atoms. The van der Waals surface area contributed by atoms with E-state index in [4.69, 9.17) is 11.6 Å². The first-order valence-electron chi connectivity index (χ1n) is 5.52. The van der Waals surface area contributed by atoms with Crippen LogP contribution in [0.3, 0.4) is 0 Å². The summed E-state index contributed by atoms with van der Waals surface area (Å²) in [5.41, 5.74) is -0.242. The van der Waals surface area contributed by atoms with E-state index in [9.17, 15) is 17.6 Å². The number of rotatable bonds is 2. The van der Waals surface area contributed by atoms with Crippen molar-refractivity contribution >= 4 is 23.5 Å². The summed E-state index contributed by atoms with van der Waals surface area (Å²) in [5, 5.41) is -0.377. The summed E-state index contributed by atoms with van der Waals surface area (Å²) in [6.07, 6.45) is -3.18. The second-order valence-corrected chi connectivity index (χ2v) is 4.38. The minimum atomic E-state index is -4.53. The first-order valence-corrected chi connectivity index (χ1v) is 5.90. The van der Waals surface area contributed by atoms with Crippen molar-refractivity contribution < 1.29 is 17.6 Å². The van der Waals surface area contributed by atoms with E-state index < -0.39 is 17.6 Å². The molecule has 6 heteroatoms. The van der Waals surface area contributed by atoms with Crippen LogP contribution >= 0.6 is 11.6 Å². The molecule has 2 aromatic rings. The first kappa shape index (κ1) is 14.5. The van der Waals surface area contributed by atoms with Crippen LogP contribution in [0.5, 0.6) is 0 Å². The molecule has 0 amide bonds. The Balaban J connectivity index is 2.28. The Bertz CT molecular complexity index is 633. The van der Waals surface area contributed by atoms with Crippen LogP contribution in [0.1, 0.15) is 11.1 Å². The molecule has 0 N–H and O–H groups in total. The maximum absolute atomic E-state index is 12.7. The molecule has 0 fully saturated rings. The Morgan fingerprint density at radius 2 is 1.65 bits per heavy atom. The van der Waals surface area contributed by atoms with Crippen LogP contribution < -0.4 is 0 Å². The van der Waals surface area contributed by atoms with E-state index in [1.54, 1.807) is 0 Å². The Morgan fingerprint density at radius 1 is 1.00 bits per heavy atom. The van der Waals surface area contributed by atoms with Crippen LogP contribution in [0.25, 0.3) is 0 Å². The monoisotopic (exact) mass is 301 g/mol. The summed E-state index contributed by atoms with van der Waals surface area (Å²) in [6.45, 7) is 0. The molecule has 0 bridgehead atoms. The minimum absolute atomic E-state index is 0.117. The van der Waals surface area contributed by atoms with Gasteiger partial charge in [-0.2, -0.15) is 13.2 Å². The van der Waals surface area contributed by atoms with Crippen molar-refractivity contribution in [3.63, 3.8) is 0 Å². The summed E-state index contributed by atoms with van der Waals surface area (Å²) < 4.78 is 50.7. The van der Waals surface area contributed by atoms with Crippen LogP contribution in [0.15, 0.2) is 47.5 Å². The fourth-order valence-corrected chi connectivity index (χ4v) is 1.73. The molecule has 0 atom stereocenters. The van der Waals surface area contributed by atoms with Gasteiger partial charge >= 0.3 is 6.18 Å². The van der Waals surface area contributed by atoms with Crippen molar-refractivity contribution in [3.8, 4) is 0 Å². The molecule has 104 valence electrons. The van der Waals surface area contributed by atoms with Gasteiger partial charge in [0.2, 0.25) is 0 Å². The number of nitrogens with zero attached hydrogens (tertiary/aromatic N) is 1. The SMILES string of the molecule is Fc1ccc(C=Nc2ccc(Cl)c(C(F)(F)F)c2)cc1. The molecule has 2 aromatic carbocycles. The summed E-state index contributed by atoms with van der Waals surface area (Å²) in [5.74, 6) is -0.395. The molecule has 0 spiro atoms. The fraction of sp³-hybridized carbons (Fsp3) is 0.0714. The van der Waals surface area contributed by atoms with Crippen LogP contribution in [-0.4, -0.2) is 6.21 Å². The molecule has 0 aliphatic rings. The average molecular weight is 302 g/mol. The quantitative estimate of drug-likeness (QED) is 0.531. The summed E-state index contributed by atoms with van der Waals surface area (Å²) >= 11 is 5.50. The number of aliphatic imine (C=N–C) groups is 1. The number of hydrogen-bond donors (Lipinski definition) is 0. The van der Waals surface area contributed by atoms with Crippen molar-refractivity contribution in [2.45, 2.75) is 6.18 Å². The van der Waals surface area contributed by atoms with E-state index in [-0.39, 0.29) is 10.7 Å². The summed E-state index contributed by atoms with van der Waals surface area (Å²) in [7, 11) is 0. The van der Waals surface area contributed by atoms with Gasteiger partial charge in [-0.15, -0.1) is 0 Å². The highest BCUT2D eigenvalue weighted by Crippen LogP contribution is 2.36. The van der Waals surface area contributed by atoms with Crippen molar-refractivity contribution in [1.29, 1.82) is 0 Å². The zero-order valence-electron chi connectivity index (χ0n) is 9.96. The van der Waals surface area contributed by atoms with E-state index >= 15 is 0 Å². The zero-order valence-corrected chi connectivity index (χ0v) is 10.7. The number of benzene rings is 2. The van der Waals surface area contributed by atoms with E-state index in [1.165, 1.54) is 36.5 Å². The topological polar surface area (TPSA) is 12.4 Å². The average Bonchev–Trinajstić information content (AvgIpc) is 2.38. The predicted molar refractivity (Wildman–Crippen MR) is 70.1 cm³/mol. The molecule has 2 rings (SSSR count). The van der Waals surface area contributed by atoms with Crippen LogP contribution in [0.2, 0.25) is 5.02 Å². The standard InChI is InChI=1S/C14H8ClF4N/c15-13-6-5-11(7-12(13)14(17,18)19)20-8-9-1-3-10(16)4-2-9/h1-8H. The lowest BCUT2D eigenvalue weighted by Gasteiger charge is -2.09. The first-order chi connectivity index (χ1) is 9.36. The number of halogens is 5. The van der Waals surface area contributed by atoms with Gasteiger partial charge in [0.05, 0.1) is 16.3 Å². The molecule has 0 unspecified atom stereocenters. The Labute approximate surface area is 117 Å². The highest BCUT2D eigenvalue weighted by Gasteiger charge is 2.33. The molecule has 1 nitrogen and oxygen atoms in total. The molecule has 0 saturated heterocycles. The van der Waals surface area contributed by atoms with Crippen molar-refractivity contribution in [1.82, 2.24) is 0 Å². The lowest BCUT2D eigenvalue weighted by Crippen LogP contribution is -2.05. The van der Waals surface area contributed by atoms with Gasteiger partial charge in [0.15, 0.2) is 0 Å². The third-order valence-corrected chi connectivity index (χ3v) is 2.82. The molecule has 0 radical (unpaired) electrons. The van der Waals surface area contributed by atoms with Crippen molar-refractivity contribution in [3.05, 3.63) is 64.4 Å². The van der Waals surface area contributed by atoms with Gasteiger partial charge in [0.1, 0.15) is 5.82 Å². The zero-order chi connectivity index (χ0) is 14.8. The van der Waals surface area contributed by atoms with Gasteiger partial charge in [-0.25, -0.2) is 4.39 Å². The van der Waals surface area contributed by atoms with Gasteiger partial charge in [0, 0.05) is 6.21 Å². The highest BCUT2D eigenvalue weighted by molar-refractivity contribution is 6.31. The normalized spacial score (nSPS) is 12.1. The molecular weight excluding hydrogens is 294 g/mol. The van der Waals surface area contributed by atoms with Gasteiger partial charge in [-0.05, 0) is 35.9 Å².